The summed E-state index contributed by atoms with van der Waals surface area (Å²) in [6.45, 7) is 3.95. The van der Waals surface area contributed by atoms with Crippen molar-refractivity contribution < 1.29 is 4.79 Å². The van der Waals surface area contributed by atoms with Crippen LogP contribution < -0.4 is 0 Å². The number of pyridine rings is 1. The lowest BCUT2D eigenvalue weighted by molar-refractivity contribution is 0.0753. The average Bonchev–Trinajstić information content (AvgIpc) is 2.63. The van der Waals surface area contributed by atoms with Crippen molar-refractivity contribution >= 4 is 21.8 Å². The van der Waals surface area contributed by atoms with Crippen LogP contribution in [0.3, 0.4) is 0 Å². The molecule has 0 radical (unpaired) electrons. The van der Waals surface area contributed by atoms with Crippen molar-refractivity contribution in [3.63, 3.8) is 0 Å². The standard InChI is InChI=1S/C14H19BrN2O/c1-2-11-5-4-9-17(10-7-11)14(18)13-12(15)6-3-8-16-13/h3,6,8,11H,2,4-5,7,9-10H2,1H3. The van der Waals surface area contributed by atoms with E-state index in [-0.39, 0.29) is 5.91 Å². The van der Waals surface area contributed by atoms with Crippen LogP contribution in [0.5, 0.6) is 0 Å². The molecule has 4 heteroatoms. The third-order valence-corrected chi connectivity index (χ3v) is 4.31. The van der Waals surface area contributed by atoms with E-state index in [2.05, 4.69) is 27.8 Å². The molecule has 1 aromatic rings. The van der Waals surface area contributed by atoms with Gasteiger partial charge >= 0.3 is 0 Å². The maximum absolute atomic E-state index is 12.4. The number of rotatable bonds is 2. The van der Waals surface area contributed by atoms with Crippen LogP contribution in [0.4, 0.5) is 0 Å². The third kappa shape index (κ3) is 3.10. The highest BCUT2D eigenvalue weighted by molar-refractivity contribution is 9.10. The molecular weight excluding hydrogens is 292 g/mol. The van der Waals surface area contributed by atoms with E-state index in [0.717, 1.165) is 36.3 Å². The molecule has 0 N–H and O–H groups in total. The zero-order valence-corrected chi connectivity index (χ0v) is 12.3. The predicted octanol–water partition coefficient (Wildman–Crippen LogP) is 3.50. The van der Waals surface area contributed by atoms with Crippen LogP contribution >= 0.6 is 15.9 Å². The summed E-state index contributed by atoms with van der Waals surface area (Å²) in [5.41, 5.74) is 0.535. The number of likely N-dealkylation sites (tertiary alicyclic amines) is 1. The molecule has 0 aromatic carbocycles. The van der Waals surface area contributed by atoms with Crippen molar-refractivity contribution in [2.45, 2.75) is 32.6 Å². The van der Waals surface area contributed by atoms with E-state index in [1.807, 2.05) is 17.0 Å². The third-order valence-electron chi connectivity index (χ3n) is 3.67. The van der Waals surface area contributed by atoms with Crippen LogP contribution in [0.1, 0.15) is 43.1 Å². The van der Waals surface area contributed by atoms with E-state index in [9.17, 15) is 4.79 Å². The van der Waals surface area contributed by atoms with E-state index in [0.29, 0.717) is 5.69 Å². The van der Waals surface area contributed by atoms with E-state index >= 15 is 0 Å². The number of aromatic nitrogens is 1. The molecule has 0 bridgehead atoms. The SMILES string of the molecule is CCC1CCCN(C(=O)c2ncccc2Br)CC1. The van der Waals surface area contributed by atoms with Gasteiger partial charge in [0.15, 0.2) is 0 Å². The van der Waals surface area contributed by atoms with Gasteiger partial charge in [-0.1, -0.05) is 13.3 Å². The molecule has 2 heterocycles. The van der Waals surface area contributed by atoms with Gasteiger partial charge in [-0.25, -0.2) is 4.98 Å². The summed E-state index contributed by atoms with van der Waals surface area (Å²) in [4.78, 5) is 18.5. The van der Waals surface area contributed by atoms with Crippen LogP contribution in [0, 0.1) is 5.92 Å². The van der Waals surface area contributed by atoms with Crippen LogP contribution in [0.25, 0.3) is 0 Å². The molecule has 1 aromatic heterocycles. The number of amides is 1. The van der Waals surface area contributed by atoms with Gasteiger partial charge in [0.2, 0.25) is 0 Å². The summed E-state index contributed by atoms with van der Waals surface area (Å²) >= 11 is 3.40. The normalized spacial score (nSPS) is 20.6. The monoisotopic (exact) mass is 310 g/mol. The molecule has 0 saturated carbocycles. The van der Waals surface area contributed by atoms with Gasteiger partial charge in [-0.3, -0.25) is 4.79 Å². The molecule has 98 valence electrons. The van der Waals surface area contributed by atoms with E-state index < -0.39 is 0 Å². The summed E-state index contributed by atoms with van der Waals surface area (Å²) in [6.07, 6.45) is 6.35. The fourth-order valence-corrected chi connectivity index (χ4v) is 2.89. The molecule has 0 spiro atoms. The van der Waals surface area contributed by atoms with Crippen LogP contribution in [-0.2, 0) is 0 Å². The fraction of sp³-hybridized carbons (Fsp3) is 0.571. The second-order valence-corrected chi connectivity index (χ2v) is 5.69. The summed E-state index contributed by atoms with van der Waals surface area (Å²) in [5, 5.41) is 0. The zero-order valence-electron chi connectivity index (χ0n) is 10.7. The van der Waals surface area contributed by atoms with Crippen molar-refractivity contribution in [3.8, 4) is 0 Å². The molecule has 1 unspecified atom stereocenters. The predicted molar refractivity (Wildman–Crippen MR) is 75.5 cm³/mol. The van der Waals surface area contributed by atoms with Gasteiger partial charge in [-0.05, 0) is 53.2 Å². The van der Waals surface area contributed by atoms with Gasteiger partial charge < -0.3 is 4.90 Å². The van der Waals surface area contributed by atoms with E-state index in [4.69, 9.17) is 0 Å². The van der Waals surface area contributed by atoms with Gasteiger partial charge in [0.25, 0.3) is 5.91 Å². The van der Waals surface area contributed by atoms with Gasteiger partial charge in [0, 0.05) is 23.8 Å². The summed E-state index contributed by atoms with van der Waals surface area (Å²) in [6, 6.07) is 3.70. The molecule has 1 atom stereocenters. The number of halogens is 1. The Balaban J connectivity index is 2.08. The van der Waals surface area contributed by atoms with Crippen molar-refractivity contribution in [2.75, 3.05) is 13.1 Å². The average molecular weight is 311 g/mol. The second kappa shape index (κ2) is 6.32. The Morgan fingerprint density at radius 3 is 3.06 bits per heavy atom. The lowest BCUT2D eigenvalue weighted by Crippen LogP contribution is -2.32. The molecule has 1 saturated heterocycles. The van der Waals surface area contributed by atoms with Gasteiger partial charge in [-0.15, -0.1) is 0 Å². The highest BCUT2D eigenvalue weighted by Crippen LogP contribution is 2.22. The first-order valence-electron chi connectivity index (χ1n) is 6.62. The molecule has 1 aliphatic rings. The minimum Gasteiger partial charge on any atom is -0.337 e. The molecule has 1 fully saturated rings. The maximum Gasteiger partial charge on any atom is 0.273 e. The number of carbonyl (C=O) groups is 1. The second-order valence-electron chi connectivity index (χ2n) is 4.83. The molecule has 18 heavy (non-hydrogen) atoms. The minimum absolute atomic E-state index is 0.0548. The Morgan fingerprint density at radius 1 is 1.50 bits per heavy atom. The Kier molecular flexibility index (Phi) is 4.75. The Labute approximate surface area is 117 Å². The summed E-state index contributed by atoms with van der Waals surface area (Å²) < 4.78 is 0.784. The van der Waals surface area contributed by atoms with E-state index in [1.54, 1.807) is 6.20 Å². The van der Waals surface area contributed by atoms with Gasteiger partial charge in [-0.2, -0.15) is 0 Å². The first-order valence-corrected chi connectivity index (χ1v) is 7.41. The number of hydrogen-bond donors (Lipinski definition) is 0. The highest BCUT2D eigenvalue weighted by atomic mass is 79.9. The largest absolute Gasteiger partial charge is 0.337 e. The number of nitrogens with zero attached hydrogens (tertiary/aromatic N) is 2. The first kappa shape index (κ1) is 13.5. The smallest absolute Gasteiger partial charge is 0.273 e. The van der Waals surface area contributed by atoms with Gasteiger partial charge in [0.05, 0.1) is 0 Å². The molecule has 0 aliphatic carbocycles. The van der Waals surface area contributed by atoms with E-state index in [1.165, 1.54) is 12.8 Å². The minimum atomic E-state index is 0.0548. The number of carbonyl (C=O) groups excluding carboxylic acids is 1. The Morgan fingerprint density at radius 2 is 2.33 bits per heavy atom. The quantitative estimate of drug-likeness (QED) is 0.837. The number of hydrogen-bond acceptors (Lipinski definition) is 2. The molecule has 1 aliphatic heterocycles. The fourth-order valence-electron chi connectivity index (χ4n) is 2.47. The molecule has 2 rings (SSSR count). The Hall–Kier alpha value is -0.900. The lowest BCUT2D eigenvalue weighted by Gasteiger charge is -2.20. The van der Waals surface area contributed by atoms with Gasteiger partial charge in [0.1, 0.15) is 5.69 Å². The van der Waals surface area contributed by atoms with Crippen LogP contribution in [0.15, 0.2) is 22.8 Å². The summed E-state index contributed by atoms with van der Waals surface area (Å²) in [7, 11) is 0. The molecular formula is C14H19BrN2O. The topological polar surface area (TPSA) is 33.2 Å². The zero-order chi connectivity index (χ0) is 13.0. The van der Waals surface area contributed by atoms with Crippen molar-refractivity contribution in [1.29, 1.82) is 0 Å². The highest BCUT2D eigenvalue weighted by Gasteiger charge is 2.22. The molecule has 3 nitrogen and oxygen atoms in total. The van der Waals surface area contributed by atoms with Crippen LogP contribution in [0.2, 0.25) is 0 Å². The van der Waals surface area contributed by atoms with Crippen molar-refractivity contribution in [3.05, 3.63) is 28.5 Å². The van der Waals surface area contributed by atoms with Crippen molar-refractivity contribution in [1.82, 2.24) is 9.88 Å². The van der Waals surface area contributed by atoms with Crippen molar-refractivity contribution in [2.24, 2.45) is 5.92 Å². The molecule has 1 amide bonds. The lowest BCUT2D eigenvalue weighted by atomic mass is 9.98. The Bertz CT molecular complexity index is 422. The first-order chi connectivity index (χ1) is 8.72. The summed E-state index contributed by atoms with van der Waals surface area (Å²) in [5.74, 6) is 0.828. The van der Waals surface area contributed by atoms with Crippen LogP contribution in [-0.4, -0.2) is 28.9 Å². The maximum atomic E-state index is 12.4.